The van der Waals surface area contributed by atoms with Gasteiger partial charge in [-0.3, -0.25) is 4.68 Å². The van der Waals surface area contributed by atoms with Gasteiger partial charge in [0, 0.05) is 32.3 Å². The average molecular weight is 253 g/mol. The molecule has 1 aliphatic heterocycles. The number of ether oxygens (including phenoxy) is 2. The number of nitrogens with one attached hydrogen (secondary N) is 1. The number of aryl methyl sites for hydroxylation is 1. The lowest BCUT2D eigenvalue weighted by Gasteiger charge is -2.23. The van der Waals surface area contributed by atoms with Crippen LogP contribution in [0.2, 0.25) is 0 Å². The Morgan fingerprint density at radius 1 is 1.50 bits per heavy atom. The van der Waals surface area contributed by atoms with Gasteiger partial charge in [-0.2, -0.15) is 5.10 Å². The summed E-state index contributed by atoms with van der Waals surface area (Å²) in [6.07, 6.45) is 7.04. The van der Waals surface area contributed by atoms with Crippen LogP contribution in [-0.4, -0.2) is 42.2 Å². The van der Waals surface area contributed by atoms with Crippen LogP contribution in [0.4, 0.5) is 0 Å². The first-order chi connectivity index (χ1) is 8.88. The van der Waals surface area contributed by atoms with Crippen LogP contribution in [0, 0.1) is 0 Å². The van der Waals surface area contributed by atoms with Crippen molar-refractivity contribution in [2.24, 2.45) is 0 Å². The Morgan fingerprint density at radius 2 is 2.33 bits per heavy atom. The molecule has 0 aliphatic carbocycles. The minimum absolute atomic E-state index is 0.588. The maximum atomic E-state index is 5.65. The van der Waals surface area contributed by atoms with E-state index in [4.69, 9.17) is 9.47 Å². The summed E-state index contributed by atoms with van der Waals surface area (Å²) in [6.45, 7) is 6.41. The third-order valence-electron chi connectivity index (χ3n) is 3.09. The van der Waals surface area contributed by atoms with Crippen LogP contribution in [-0.2, 0) is 11.3 Å². The van der Waals surface area contributed by atoms with Gasteiger partial charge >= 0.3 is 0 Å². The Kier molecular flexibility index (Phi) is 5.48. The van der Waals surface area contributed by atoms with Crippen LogP contribution < -0.4 is 10.1 Å². The molecule has 0 unspecified atom stereocenters. The van der Waals surface area contributed by atoms with E-state index in [9.17, 15) is 0 Å². The monoisotopic (exact) mass is 253 g/mol. The maximum absolute atomic E-state index is 5.65. The second kappa shape index (κ2) is 7.38. The highest BCUT2D eigenvalue weighted by molar-refractivity contribution is 5.11. The third kappa shape index (κ3) is 4.31. The molecule has 0 saturated carbocycles. The quantitative estimate of drug-likeness (QED) is 0.747. The first-order valence-electron chi connectivity index (χ1n) is 6.85. The number of hydrogen-bond acceptors (Lipinski definition) is 4. The fourth-order valence-corrected chi connectivity index (χ4v) is 2.10. The molecule has 5 nitrogen and oxygen atoms in total. The zero-order valence-corrected chi connectivity index (χ0v) is 11.1. The average Bonchev–Trinajstić information content (AvgIpc) is 2.84. The highest BCUT2D eigenvalue weighted by atomic mass is 16.5. The molecule has 1 N–H and O–H groups in total. The van der Waals surface area contributed by atoms with Gasteiger partial charge in [-0.25, -0.2) is 0 Å². The van der Waals surface area contributed by atoms with E-state index in [-0.39, 0.29) is 0 Å². The molecule has 5 heteroatoms. The van der Waals surface area contributed by atoms with Crippen molar-refractivity contribution in [1.29, 1.82) is 0 Å². The van der Waals surface area contributed by atoms with E-state index in [1.807, 2.05) is 10.9 Å². The Labute approximate surface area is 108 Å². The van der Waals surface area contributed by atoms with Crippen molar-refractivity contribution < 1.29 is 9.47 Å². The fourth-order valence-electron chi connectivity index (χ4n) is 2.10. The standard InChI is InChI=1S/C13H23N3O2/c1-2-6-16-11-13(10-15-16)18-9-5-14-12-3-7-17-8-4-12/h10-12,14H,2-9H2,1H3. The summed E-state index contributed by atoms with van der Waals surface area (Å²) >= 11 is 0. The number of rotatable bonds is 7. The van der Waals surface area contributed by atoms with E-state index in [0.717, 1.165) is 51.3 Å². The molecule has 1 saturated heterocycles. The second-order valence-corrected chi connectivity index (χ2v) is 4.63. The smallest absolute Gasteiger partial charge is 0.157 e. The molecule has 102 valence electrons. The topological polar surface area (TPSA) is 48.3 Å². The van der Waals surface area contributed by atoms with Crippen molar-refractivity contribution in [3.05, 3.63) is 12.4 Å². The van der Waals surface area contributed by atoms with Crippen LogP contribution in [0.3, 0.4) is 0 Å². The number of aromatic nitrogens is 2. The summed E-state index contributed by atoms with van der Waals surface area (Å²) in [5.41, 5.74) is 0. The molecule has 1 aromatic rings. The predicted molar refractivity (Wildman–Crippen MR) is 69.9 cm³/mol. The van der Waals surface area contributed by atoms with Gasteiger partial charge in [0.15, 0.2) is 5.75 Å². The zero-order valence-electron chi connectivity index (χ0n) is 11.1. The van der Waals surface area contributed by atoms with Gasteiger partial charge in [0.1, 0.15) is 6.61 Å². The molecule has 2 rings (SSSR count). The first-order valence-corrected chi connectivity index (χ1v) is 6.85. The largest absolute Gasteiger partial charge is 0.489 e. The molecule has 2 heterocycles. The molecule has 0 aromatic carbocycles. The van der Waals surface area contributed by atoms with E-state index in [1.54, 1.807) is 6.20 Å². The van der Waals surface area contributed by atoms with E-state index >= 15 is 0 Å². The maximum Gasteiger partial charge on any atom is 0.157 e. The Bertz CT molecular complexity index is 335. The van der Waals surface area contributed by atoms with E-state index in [2.05, 4.69) is 17.3 Å². The van der Waals surface area contributed by atoms with E-state index in [0.29, 0.717) is 12.6 Å². The van der Waals surface area contributed by atoms with Crippen LogP contribution in [0.1, 0.15) is 26.2 Å². The van der Waals surface area contributed by atoms with Crippen molar-refractivity contribution >= 4 is 0 Å². The lowest BCUT2D eigenvalue weighted by Crippen LogP contribution is -2.37. The fraction of sp³-hybridized carbons (Fsp3) is 0.769. The van der Waals surface area contributed by atoms with Crippen LogP contribution in [0.25, 0.3) is 0 Å². The van der Waals surface area contributed by atoms with E-state index in [1.165, 1.54) is 0 Å². The lowest BCUT2D eigenvalue weighted by atomic mass is 10.1. The van der Waals surface area contributed by atoms with Gasteiger partial charge in [-0.15, -0.1) is 0 Å². The van der Waals surface area contributed by atoms with Gasteiger partial charge in [0.2, 0.25) is 0 Å². The zero-order chi connectivity index (χ0) is 12.6. The highest BCUT2D eigenvalue weighted by Gasteiger charge is 2.12. The minimum Gasteiger partial charge on any atom is -0.489 e. The number of nitrogens with zero attached hydrogens (tertiary/aromatic N) is 2. The Morgan fingerprint density at radius 3 is 3.11 bits per heavy atom. The van der Waals surface area contributed by atoms with Crippen molar-refractivity contribution in [3.8, 4) is 5.75 Å². The van der Waals surface area contributed by atoms with Crippen molar-refractivity contribution in [3.63, 3.8) is 0 Å². The number of hydrogen-bond donors (Lipinski definition) is 1. The molecule has 0 atom stereocenters. The molecular weight excluding hydrogens is 230 g/mol. The first kappa shape index (κ1) is 13.4. The molecule has 1 aromatic heterocycles. The van der Waals surface area contributed by atoms with E-state index < -0.39 is 0 Å². The minimum atomic E-state index is 0.588. The van der Waals surface area contributed by atoms with Gasteiger partial charge in [0.05, 0.1) is 12.4 Å². The Hall–Kier alpha value is -1.07. The van der Waals surface area contributed by atoms with Crippen molar-refractivity contribution in [1.82, 2.24) is 15.1 Å². The van der Waals surface area contributed by atoms with Crippen LogP contribution in [0.5, 0.6) is 5.75 Å². The molecule has 0 amide bonds. The van der Waals surface area contributed by atoms with Gasteiger partial charge < -0.3 is 14.8 Å². The molecule has 0 spiro atoms. The summed E-state index contributed by atoms with van der Waals surface area (Å²) < 4.78 is 12.9. The van der Waals surface area contributed by atoms with Crippen LogP contribution >= 0.6 is 0 Å². The lowest BCUT2D eigenvalue weighted by molar-refractivity contribution is 0.0770. The molecule has 1 aliphatic rings. The molecule has 18 heavy (non-hydrogen) atoms. The summed E-state index contributed by atoms with van der Waals surface area (Å²) in [7, 11) is 0. The van der Waals surface area contributed by atoms with Gasteiger partial charge in [-0.1, -0.05) is 6.92 Å². The van der Waals surface area contributed by atoms with Crippen molar-refractivity contribution in [2.75, 3.05) is 26.4 Å². The summed E-state index contributed by atoms with van der Waals surface area (Å²) in [4.78, 5) is 0. The van der Waals surface area contributed by atoms with Crippen molar-refractivity contribution in [2.45, 2.75) is 38.8 Å². The van der Waals surface area contributed by atoms with Gasteiger partial charge in [-0.05, 0) is 19.3 Å². The molecular formula is C13H23N3O2. The molecule has 0 radical (unpaired) electrons. The van der Waals surface area contributed by atoms with Gasteiger partial charge in [0.25, 0.3) is 0 Å². The molecule has 1 fully saturated rings. The third-order valence-corrected chi connectivity index (χ3v) is 3.09. The predicted octanol–water partition coefficient (Wildman–Crippen LogP) is 1.44. The normalized spacial score (nSPS) is 16.9. The van der Waals surface area contributed by atoms with Crippen LogP contribution in [0.15, 0.2) is 12.4 Å². The summed E-state index contributed by atoms with van der Waals surface area (Å²) in [6, 6.07) is 0.588. The summed E-state index contributed by atoms with van der Waals surface area (Å²) in [5, 5.41) is 7.72. The second-order valence-electron chi connectivity index (χ2n) is 4.63. The Balaban J connectivity index is 1.59. The highest BCUT2D eigenvalue weighted by Crippen LogP contribution is 2.09. The summed E-state index contributed by atoms with van der Waals surface area (Å²) in [5.74, 6) is 0.859. The molecule has 0 bridgehead atoms. The SMILES string of the molecule is CCCn1cc(OCCNC2CCOCC2)cn1.